The SMILES string of the molecule is CCCCCC(=O)N(O)[C@H](CCCC)C[C@H](CC)C(=O)OC. The smallest absolute Gasteiger partial charge is 0.308 e. The van der Waals surface area contributed by atoms with Gasteiger partial charge in [0.25, 0.3) is 0 Å². The molecule has 0 aromatic carbocycles. The number of amides is 1. The van der Waals surface area contributed by atoms with E-state index in [9.17, 15) is 14.8 Å². The van der Waals surface area contributed by atoms with Crippen molar-refractivity contribution in [3.05, 3.63) is 0 Å². The van der Waals surface area contributed by atoms with Gasteiger partial charge in [-0.3, -0.25) is 14.8 Å². The van der Waals surface area contributed by atoms with E-state index in [2.05, 4.69) is 13.8 Å². The number of hydrogen-bond donors (Lipinski definition) is 1. The first-order valence-electron chi connectivity index (χ1n) is 8.60. The lowest BCUT2D eigenvalue weighted by molar-refractivity contribution is -0.179. The maximum absolute atomic E-state index is 12.1. The molecule has 0 spiro atoms. The quantitative estimate of drug-likeness (QED) is 0.256. The Balaban J connectivity index is 4.71. The average molecular weight is 315 g/mol. The molecule has 2 atom stereocenters. The summed E-state index contributed by atoms with van der Waals surface area (Å²) >= 11 is 0. The summed E-state index contributed by atoms with van der Waals surface area (Å²) in [6.07, 6.45) is 6.90. The van der Waals surface area contributed by atoms with Gasteiger partial charge in [0.1, 0.15) is 0 Å². The summed E-state index contributed by atoms with van der Waals surface area (Å²) in [5, 5.41) is 11.1. The second-order valence-corrected chi connectivity index (χ2v) is 5.86. The van der Waals surface area contributed by atoms with Crippen molar-refractivity contribution in [1.29, 1.82) is 0 Å². The number of unbranched alkanes of at least 4 members (excludes halogenated alkanes) is 3. The van der Waals surface area contributed by atoms with Crippen LogP contribution < -0.4 is 0 Å². The highest BCUT2D eigenvalue weighted by Crippen LogP contribution is 2.21. The van der Waals surface area contributed by atoms with E-state index in [1.165, 1.54) is 7.11 Å². The van der Waals surface area contributed by atoms with E-state index in [1.54, 1.807) is 0 Å². The number of hydrogen-bond acceptors (Lipinski definition) is 4. The minimum atomic E-state index is -0.307. The Labute approximate surface area is 135 Å². The van der Waals surface area contributed by atoms with Crippen LogP contribution in [0.2, 0.25) is 0 Å². The van der Waals surface area contributed by atoms with Crippen LogP contribution in [0.1, 0.15) is 78.6 Å². The molecule has 22 heavy (non-hydrogen) atoms. The van der Waals surface area contributed by atoms with Gasteiger partial charge in [-0.1, -0.05) is 46.5 Å². The van der Waals surface area contributed by atoms with Gasteiger partial charge >= 0.3 is 5.97 Å². The maximum Gasteiger partial charge on any atom is 0.308 e. The van der Waals surface area contributed by atoms with Gasteiger partial charge in [0.2, 0.25) is 5.91 Å². The second kappa shape index (κ2) is 12.4. The number of carbonyl (C=O) groups is 2. The summed E-state index contributed by atoms with van der Waals surface area (Å²) in [6, 6.07) is -0.307. The molecule has 5 heteroatoms. The molecule has 0 aliphatic carbocycles. The zero-order valence-electron chi connectivity index (χ0n) is 14.6. The lowest BCUT2D eigenvalue weighted by Gasteiger charge is -2.28. The summed E-state index contributed by atoms with van der Waals surface area (Å²) in [5.41, 5.74) is 0. The molecule has 0 radical (unpaired) electrons. The van der Waals surface area contributed by atoms with Crippen molar-refractivity contribution in [2.45, 2.75) is 84.6 Å². The van der Waals surface area contributed by atoms with Crippen molar-refractivity contribution in [1.82, 2.24) is 5.06 Å². The van der Waals surface area contributed by atoms with E-state index < -0.39 is 0 Å². The lowest BCUT2D eigenvalue weighted by atomic mass is 9.93. The molecule has 1 amide bonds. The predicted octanol–water partition coefficient (Wildman–Crippen LogP) is 3.93. The van der Waals surface area contributed by atoms with Gasteiger partial charge in [0.15, 0.2) is 0 Å². The van der Waals surface area contributed by atoms with Crippen molar-refractivity contribution < 1.29 is 19.5 Å². The molecule has 0 saturated carbocycles. The maximum atomic E-state index is 12.1. The van der Waals surface area contributed by atoms with E-state index in [0.29, 0.717) is 25.7 Å². The first-order chi connectivity index (χ1) is 10.5. The van der Waals surface area contributed by atoms with E-state index in [1.807, 2.05) is 6.92 Å². The van der Waals surface area contributed by atoms with E-state index in [-0.39, 0.29) is 23.8 Å². The highest BCUT2D eigenvalue weighted by Gasteiger charge is 2.28. The van der Waals surface area contributed by atoms with Crippen molar-refractivity contribution in [2.24, 2.45) is 5.92 Å². The monoisotopic (exact) mass is 315 g/mol. The second-order valence-electron chi connectivity index (χ2n) is 5.86. The lowest BCUT2D eigenvalue weighted by Crippen LogP contribution is -2.40. The normalized spacial score (nSPS) is 13.5. The van der Waals surface area contributed by atoms with Crippen LogP contribution in [0, 0.1) is 5.92 Å². The minimum Gasteiger partial charge on any atom is -0.469 e. The van der Waals surface area contributed by atoms with Crippen molar-refractivity contribution in [3.63, 3.8) is 0 Å². The highest BCUT2D eigenvalue weighted by atomic mass is 16.5. The first-order valence-corrected chi connectivity index (χ1v) is 8.60. The molecule has 0 aliphatic rings. The van der Waals surface area contributed by atoms with Gasteiger partial charge in [-0.15, -0.1) is 0 Å². The number of nitrogens with zero attached hydrogens (tertiary/aromatic N) is 1. The number of rotatable bonds is 12. The molecule has 0 fully saturated rings. The number of hydroxylamine groups is 2. The van der Waals surface area contributed by atoms with Crippen molar-refractivity contribution >= 4 is 11.9 Å². The largest absolute Gasteiger partial charge is 0.469 e. The van der Waals surface area contributed by atoms with Crippen LogP contribution in [0.5, 0.6) is 0 Å². The Bertz CT molecular complexity index is 320. The topological polar surface area (TPSA) is 66.8 Å². The van der Waals surface area contributed by atoms with Crippen LogP contribution in [-0.2, 0) is 14.3 Å². The third kappa shape index (κ3) is 7.78. The molecule has 0 unspecified atom stereocenters. The number of esters is 1. The molecule has 0 heterocycles. The van der Waals surface area contributed by atoms with Crippen LogP contribution in [0.3, 0.4) is 0 Å². The van der Waals surface area contributed by atoms with Gasteiger partial charge in [0.05, 0.1) is 19.1 Å². The molecule has 0 aliphatic heterocycles. The Morgan fingerprint density at radius 3 is 2.23 bits per heavy atom. The molecule has 0 saturated heterocycles. The van der Waals surface area contributed by atoms with E-state index in [0.717, 1.165) is 37.2 Å². The molecule has 5 nitrogen and oxygen atoms in total. The summed E-state index contributed by atoms with van der Waals surface area (Å²) in [7, 11) is 1.37. The third-order valence-corrected chi connectivity index (χ3v) is 4.07. The van der Waals surface area contributed by atoms with E-state index in [4.69, 9.17) is 4.74 Å². The number of methoxy groups -OCH3 is 1. The molecule has 1 N–H and O–H groups in total. The summed E-state index contributed by atoms with van der Waals surface area (Å²) in [4.78, 5) is 23.8. The van der Waals surface area contributed by atoms with Crippen molar-refractivity contribution in [2.75, 3.05) is 7.11 Å². The van der Waals surface area contributed by atoms with Gasteiger partial charge in [-0.2, -0.15) is 0 Å². The fourth-order valence-corrected chi connectivity index (χ4v) is 2.55. The van der Waals surface area contributed by atoms with Crippen molar-refractivity contribution in [3.8, 4) is 0 Å². The first kappa shape index (κ1) is 20.9. The Morgan fingerprint density at radius 1 is 1.09 bits per heavy atom. The van der Waals surface area contributed by atoms with Gasteiger partial charge in [0, 0.05) is 6.42 Å². The van der Waals surface area contributed by atoms with E-state index >= 15 is 0 Å². The minimum absolute atomic E-state index is 0.241. The Morgan fingerprint density at radius 2 is 1.73 bits per heavy atom. The molecule has 0 aromatic rings. The van der Waals surface area contributed by atoms with Crippen LogP contribution >= 0.6 is 0 Å². The zero-order valence-corrected chi connectivity index (χ0v) is 14.6. The van der Waals surface area contributed by atoms with Crippen LogP contribution in [0.4, 0.5) is 0 Å². The van der Waals surface area contributed by atoms with Gasteiger partial charge in [-0.05, 0) is 25.7 Å². The zero-order chi connectivity index (χ0) is 17.0. The third-order valence-electron chi connectivity index (χ3n) is 4.07. The fraction of sp³-hybridized carbons (Fsp3) is 0.882. The predicted molar refractivity (Wildman–Crippen MR) is 86.5 cm³/mol. The highest BCUT2D eigenvalue weighted by molar-refractivity contribution is 5.75. The number of ether oxygens (including phenoxy) is 1. The van der Waals surface area contributed by atoms with Gasteiger partial charge < -0.3 is 4.74 Å². The molecule has 0 aromatic heterocycles. The standard InChI is InChI=1S/C17H33NO4/c1-5-8-10-12-16(19)18(21)15(11-9-6-2)13-14(7-3)17(20)22-4/h14-15,21H,5-13H2,1-4H3/t14-,15+/m0/s1. The Hall–Kier alpha value is -1.10. The van der Waals surface area contributed by atoms with Crippen LogP contribution in [-0.4, -0.2) is 35.3 Å². The summed E-state index contributed by atoms with van der Waals surface area (Å²) in [6.45, 7) is 6.07. The average Bonchev–Trinajstić information content (AvgIpc) is 2.54. The molecular formula is C17H33NO4. The van der Waals surface area contributed by atoms with Crippen LogP contribution in [0.15, 0.2) is 0 Å². The summed E-state index contributed by atoms with van der Waals surface area (Å²) in [5.74, 6) is -0.782. The van der Waals surface area contributed by atoms with Gasteiger partial charge in [-0.25, -0.2) is 5.06 Å². The number of carbonyl (C=O) groups excluding carboxylic acids is 2. The van der Waals surface area contributed by atoms with Crippen LogP contribution in [0.25, 0.3) is 0 Å². The summed E-state index contributed by atoms with van der Waals surface area (Å²) < 4.78 is 4.80. The fourth-order valence-electron chi connectivity index (χ4n) is 2.55. The molecule has 130 valence electrons. The molecule has 0 bridgehead atoms. The Kier molecular flexibility index (Phi) is 11.8. The molecule has 0 rings (SSSR count). The molecular weight excluding hydrogens is 282 g/mol.